The summed E-state index contributed by atoms with van der Waals surface area (Å²) in [5.74, 6) is 0.0111. The molecule has 0 aliphatic carbocycles. The minimum atomic E-state index is -0.0846. The Kier molecular flexibility index (Phi) is 3.25. The molecule has 1 aliphatic rings. The van der Waals surface area contributed by atoms with E-state index in [1.54, 1.807) is 11.3 Å². The number of hydrogen-bond donors (Lipinski definition) is 2. The number of carbonyl (C=O) groups excluding carboxylic acids is 1. The maximum absolute atomic E-state index is 12.4. The zero-order valence-electron chi connectivity index (χ0n) is 10.7. The highest BCUT2D eigenvalue weighted by molar-refractivity contribution is 7.10. The number of anilines is 1. The lowest BCUT2D eigenvalue weighted by Crippen LogP contribution is -2.32. The zero-order valence-corrected chi connectivity index (χ0v) is 11.5. The summed E-state index contributed by atoms with van der Waals surface area (Å²) >= 11 is 1.67. The second-order valence-electron chi connectivity index (χ2n) is 4.77. The van der Waals surface area contributed by atoms with Gasteiger partial charge in [0.1, 0.15) is 0 Å². The van der Waals surface area contributed by atoms with Crippen LogP contribution in [0.4, 0.5) is 5.69 Å². The topological polar surface area (TPSA) is 41.1 Å². The van der Waals surface area contributed by atoms with Gasteiger partial charge < -0.3 is 10.6 Å². The molecule has 2 N–H and O–H groups in total. The lowest BCUT2D eigenvalue weighted by molar-refractivity contribution is -0.122. The SMILES string of the molecule is C[C@@H](NC(=O)C1CNc2ccccc21)c1cccs1. The Bertz CT molecular complexity index is 580. The van der Waals surface area contributed by atoms with Crippen LogP contribution in [0.2, 0.25) is 0 Å². The molecular formula is C15H16N2OS. The highest BCUT2D eigenvalue weighted by atomic mass is 32.1. The number of thiophene rings is 1. The number of benzene rings is 1. The van der Waals surface area contributed by atoms with Crippen LogP contribution >= 0.6 is 11.3 Å². The number of carbonyl (C=O) groups is 1. The average Bonchev–Trinajstić information content (AvgIpc) is 3.08. The molecule has 1 aromatic carbocycles. The molecule has 4 heteroatoms. The Hall–Kier alpha value is -1.81. The minimum Gasteiger partial charge on any atom is -0.384 e. The van der Waals surface area contributed by atoms with Crippen LogP contribution in [0.25, 0.3) is 0 Å². The maximum Gasteiger partial charge on any atom is 0.229 e. The molecule has 98 valence electrons. The molecule has 0 saturated carbocycles. The number of amides is 1. The van der Waals surface area contributed by atoms with Crippen molar-refractivity contribution in [3.63, 3.8) is 0 Å². The summed E-state index contributed by atoms with van der Waals surface area (Å²) in [4.78, 5) is 13.6. The highest BCUT2D eigenvalue weighted by Gasteiger charge is 2.28. The average molecular weight is 272 g/mol. The quantitative estimate of drug-likeness (QED) is 0.901. The first-order valence-corrected chi connectivity index (χ1v) is 7.30. The monoisotopic (exact) mass is 272 g/mol. The van der Waals surface area contributed by atoms with E-state index in [9.17, 15) is 4.79 Å². The summed E-state index contributed by atoms with van der Waals surface area (Å²) in [5, 5.41) is 8.41. The smallest absolute Gasteiger partial charge is 0.229 e. The standard InChI is InChI=1S/C15H16N2OS/c1-10(14-7-4-8-19-14)17-15(18)12-9-16-13-6-3-2-5-11(12)13/h2-8,10,12,16H,9H2,1H3,(H,17,18)/t10-,12?/m1/s1. The van der Waals surface area contributed by atoms with Crippen molar-refractivity contribution in [1.82, 2.24) is 5.32 Å². The van der Waals surface area contributed by atoms with E-state index in [0.717, 1.165) is 11.3 Å². The fourth-order valence-corrected chi connectivity index (χ4v) is 3.17. The lowest BCUT2D eigenvalue weighted by Gasteiger charge is -2.16. The van der Waals surface area contributed by atoms with E-state index < -0.39 is 0 Å². The van der Waals surface area contributed by atoms with Crippen LogP contribution in [0.5, 0.6) is 0 Å². The van der Waals surface area contributed by atoms with E-state index >= 15 is 0 Å². The molecule has 2 heterocycles. The van der Waals surface area contributed by atoms with Gasteiger partial charge in [0.05, 0.1) is 12.0 Å². The minimum absolute atomic E-state index is 0.0697. The molecule has 19 heavy (non-hydrogen) atoms. The summed E-state index contributed by atoms with van der Waals surface area (Å²) < 4.78 is 0. The summed E-state index contributed by atoms with van der Waals surface area (Å²) in [6.45, 7) is 2.71. The number of hydrogen-bond acceptors (Lipinski definition) is 3. The van der Waals surface area contributed by atoms with Crippen molar-refractivity contribution in [3.8, 4) is 0 Å². The van der Waals surface area contributed by atoms with Crippen LogP contribution in [0, 0.1) is 0 Å². The predicted octanol–water partition coefficient (Wildman–Crippen LogP) is 3.13. The van der Waals surface area contributed by atoms with Gasteiger partial charge in [0.2, 0.25) is 5.91 Å². The van der Waals surface area contributed by atoms with Crippen LogP contribution in [0.3, 0.4) is 0 Å². The van der Waals surface area contributed by atoms with Gasteiger partial charge in [0.15, 0.2) is 0 Å². The molecule has 1 aliphatic heterocycles. The summed E-state index contributed by atoms with van der Waals surface area (Å²) in [6.07, 6.45) is 0. The third-order valence-corrected chi connectivity index (χ3v) is 4.53. The van der Waals surface area contributed by atoms with E-state index in [1.165, 1.54) is 4.88 Å². The van der Waals surface area contributed by atoms with Crippen molar-refractivity contribution < 1.29 is 4.79 Å². The van der Waals surface area contributed by atoms with Gasteiger partial charge in [0, 0.05) is 17.1 Å². The van der Waals surface area contributed by atoms with Crippen molar-refractivity contribution in [2.75, 3.05) is 11.9 Å². The Balaban J connectivity index is 1.72. The molecule has 0 saturated heterocycles. The first-order chi connectivity index (χ1) is 9.25. The van der Waals surface area contributed by atoms with Crippen LogP contribution in [-0.4, -0.2) is 12.5 Å². The predicted molar refractivity (Wildman–Crippen MR) is 78.5 cm³/mol. The van der Waals surface area contributed by atoms with Gasteiger partial charge in [-0.1, -0.05) is 24.3 Å². The molecule has 1 amide bonds. The molecule has 1 aromatic heterocycles. The molecule has 2 aromatic rings. The third kappa shape index (κ3) is 2.36. The van der Waals surface area contributed by atoms with Crippen LogP contribution in [0.15, 0.2) is 41.8 Å². The van der Waals surface area contributed by atoms with Gasteiger partial charge in [0.25, 0.3) is 0 Å². The summed E-state index contributed by atoms with van der Waals surface area (Å²) in [5.41, 5.74) is 2.17. The van der Waals surface area contributed by atoms with Crippen molar-refractivity contribution in [2.45, 2.75) is 18.9 Å². The van der Waals surface area contributed by atoms with E-state index in [2.05, 4.69) is 16.7 Å². The Morgan fingerprint density at radius 1 is 1.37 bits per heavy atom. The zero-order chi connectivity index (χ0) is 13.2. The molecule has 2 atom stereocenters. The van der Waals surface area contributed by atoms with Crippen LogP contribution in [0.1, 0.15) is 29.3 Å². The second kappa shape index (κ2) is 5.05. The highest BCUT2D eigenvalue weighted by Crippen LogP contribution is 2.31. The molecule has 3 rings (SSSR count). The number of nitrogens with one attached hydrogen (secondary N) is 2. The van der Waals surface area contributed by atoms with Gasteiger partial charge in [-0.2, -0.15) is 0 Å². The largest absolute Gasteiger partial charge is 0.384 e. The van der Waals surface area contributed by atoms with E-state index in [0.29, 0.717) is 6.54 Å². The van der Waals surface area contributed by atoms with E-state index in [-0.39, 0.29) is 17.9 Å². The summed E-state index contributed by atoms with van der Waals surface area (Å²) in [7, 11) is 0. The maximum atomic E-state index is 12.4. The van der Waals surface area contributed by atoms with Crippen molar-refractivity contribution in [1.29, 1.82) is 0 Å². The van der Waals surface area contributed by atoms with Gasteiger partial charge in [-0.05, 0) is 30.0 Å². The Labute approximate surface area is 116 Å². The lowest BCUT2D eigenvalue weighted by atomic mass is 10.0. The van der Waals surface area contributed by atoms with Crippen LogP contribution in [-0.2, 0) is 4.79 Å². The second-order valence-corrected chi connectivity index (χ2v) is 5.75. The normalized spacial score (nSPS) is 18.5. The fraction of sp³-hybridized carbons (Fsp3) is 0.267. The number of para-hydroxylation sites is 1. The van der Waals surface area contributed by atoms with Crippen molar-refractivity contribution >= 4 is 22.9 Å². The molecule has 0 spiro atoms. The van der Waals surface area contributed by atoms with Gasteiger partial charge in [-0.25, -0.2) is 0 Å². The molecule has 0 bridgehead atoms. The van der Waals surface area contributed by atoms with Gasteiger partial charge >= 0.3 is 0 Å². The van der Waals surface area contributed by atoms with E-state index in [4.69, 9.17) is 0 Å². The van der Waals surface area contributed by atoms with Crippen molar-refractivity contribution in [3.05, 3.63) is 52.2 Å². The Morgan fingerprint density at radius 3 is 3.00 bits per heavy atom. The molecular weight excluding hydrogens is 256 g/mol. The summed E-state index contributed by atoms with van der Waals surface area (Å²) in [6, 6.07) is 12.1. The first-order valence-electron chi connectivity index (χ1n) is 6.42. The molecule has 3 nitrogen and oxygen atoms in total. The molecule has 1 unspecified atom stereocenters. The molecule has 0 radical (unpaired) electrons. The fourth-order valence-electron chi connectivity index (χ4n) is 2.44. The van der Waals surface area contributed by atoms with Crippen LogP contribution < -0.4 is 10.6 Å². The molecule has 0 fully saturated rings. The third-order valence-electron chi connectivity index (χ3n) is 3.48. The first kappa shape index (κ1) is 12.2. The number of rotatable bonds is 3. The number of fused-ring (bicyclic) bond motifs is 1. The van der Waals surface area contributed by atoms with Gasteiger partial charge in [-0.15, -0.1) is 11.3 Å². The van der Waals surface area contributed by atoms with E-state index in [1.807, 2.05) is 42.6 Å². The van der Waals surface area contributed by atoms with Crippen molar-refractivity contribution in [2.24, 2.45) is 0 Å². The Morgan fingerprint density at radius 2 is 2.21 bits per heavy atom. The van der Waals surface area contributed by atoms with Gasteiger partial charge in [-0.3, -0.25) is 4.79 Å².